The second kappa shape index (κ2) is 4.41. The van der Waals surface area contributed by atoms with E-state index in [1.165, 1.54) is 25.3 Å². The molecule has 0 amide bonds. The molecule has 0 aromatic heterocycles. The van der Waals surface area contributed by atoms with E-state index in [0.29, 0.717) is 11.4 Å². The second-order valence-electron chi connectivity index (χ2n) is 5.58. The van der Waals surface area contributed by atoms with E-state index in [1.807, 2.05) is 0 Å². The zero-order valence-electron chi connectivity index (χ0n) is 10.4. The normalized spacial score (nSPS) is 21.7. The molecule has 1 aliphatic heterocycles. The van der Waals surface area contributed by atoms with Crippen LogP contribution in [-0.2, 0) is 0 Å². The third kappa shape index (κ3) is 2.04. The summed E-state index contributed by atoms with van der Waals surface area (Å²) in [6.45, 7) is 1.57. The van der Waals surface area contributed by atoms with Crippen molar-refractivity contribution in [2.75, 3.05) is 23.7 Å². The summed E-state index contributed by atoms with van der Waals surface area (Å²) in [5, 5.41) is 6.40. The van der Waals surface area contributed by atoms with E-state index in [4.69, 9.17) is 0 Å². The summed E-state index contributed by atoms with van der Waals surface area (Å²) in [5.74, 6) is -1.04. The maximum Gasteiger partial charge on any atom is 0.151 e. The summed E-state index contributed by atoms with van der Waals surface area (Å²) in [6, 6.07) is 2.31. The van der Waals surface area contributed by atoms with Gasteiger partial charge < -0.3 is 10.6 Å². The molecule has 1 aliphatic carbocycles. The average Bonchev–Trinajstić information content (AvgIpc) is 2.52. The maximum atomic E-state index is 13.7. The van der Waals surface area contributed by atoms with Gasteiger partial charge in [0.1, 0.15) is 5.82 Å². The fourth-order valence-electron chi connectivity index (χ4n) is 3.17. The molecule has 2 nitrogen and oxygen atoms in total. The standard InChI is InChI=1S/C14H18F2N2/c15-10-6-11(16)13-12(7-10)17-8-14(9-18-13)4-2-1-3-5-14/h6-7,17-18H,1-5,8-9H2. The van der Waals surface area contributed by atoms with E-state index in [-0.39, 0.29) is 5.41 Å². The molecule has 4 heteroatoms. The number of nitrogens with one attached hydrogen (secondary N) is 2. The Morgan fingerprint density at radius 1 is 0.944 bits per heavy atom. The van der Waals surface area contributed by atoms with Gasteiger partial charge in [0.05, 0.1) is 11.4 Å². The zero-order chi connectivity index (χ0) is 12.6. The van der Waals surface area contributed by atoms with Gasteiger partial charge in [0, 0.05) is 24.6 Å². The Kier molecular flexibility index (Phi) is 2.88. The smallest absolute Gasteiger partial charge is 0.151 e. The lowest BCUT2D eigenvalue weighted by molar-refractivity contribution is 0.224. The van der Waals surface area contributed by atoms with Crippen LogP contribution < -0.4 is 10.6 Å². The molecule has 1 spiro atoms. The molecule has 1 saturated carbocycles. The minimum atomic E-state index is -0.528. The number of halogens is 2. The largest absolute Gasteiger partial charge is 0.383 e. The number of fused-ring (bicyclic) bond motifs is 1. The first kappa shape index (κ1) is 11.8. The molecule has 2 aliphatic rings. The molecular weight excluding hydrogens is 234 g/mol. The van der Waals surface area contributed by atoms with Crippen LogP contribution in [0.1, 0.15) is 32.1 Å². The van der Waals surface area contributed by atoms with Crippen LogP contribution in [0, 0.1) is 17.0 Å². The monoisotopic (exact) mass is 252 g/mol. The van der Waals surface area contributed by atoms with Gasteiger partial charge in [-0.1, -0.05) is 19.3 Å². The Labute approximate surface area is 106 Å². The van der Waals surface area contributed by atoms with Gasteiger partial charge in [-0.3, -0.25) is 0 Å². The quantitative estimate of drug-likeness (QED) is 0.734. The molecule has 0 unspecified atom stereocenters. The van der Waals surface area contributed by atoms with Gasteiger partial charge in [0.2, 0.25) is 0 Å². The van der Waals surface area contributed by atoms with E-state index in [0.717, 1.165) is 32.0 Å². The van der Waals surface area contributed by atoms with Crippen molar-refractivity contribution in [2.24, 2.45) is 5.41 Å². The predicted octanol–water partition coefficient (Wildman–Crippen LogP) is 3.75. The maximum absolute atomic E-state index is 13.7. The van der Waals surface area contributed by atoms with Gasteiger partial charge in [-0.15, -0.1) is 0 Å². The van der Waals surface area contributed by atoms with Crippen molar-refractivity contribution in [2.45, 2.75) is 32.1 Å². The van der Waals surface area contributed by atoms with Crippen molar-refractivity contribution < 1.29 is 8.78 Å². The molecule has 0 radical (unpaired) electrons. The Morgan fingerprint density at radius 2 is 1.67 bits per heavy atom. The van der Waals surface area contributed by atoms with E-state index in [1.54, 1.807) is 0 Å². The van der Waals surface area contributed by atoms with Crippen molar-refractivity contribution in [3.8, 4) is 0 Å². The topological polar surface area (TPSA) is 24.1 Å². The van der Waals surface area contributed by atoms with E-state index in [9.17, 15) is 8.78 Å². The first-order valence-corrected chi connectivity index (χ1v) is 6.65. The van der Waals surface area contributed by atoms with Crippen LogP contribution in [0.4, 0.5) is 20.2 Å². The number of hydrogen-bond donors (Lipinski definition) is 2. The van der Waals surface area contributed by atoms with Crippen molar-refractivity contribution in [1.29, 1.82) is 0 Å². The lowest BCUT2D eigenvalue weighted by atomic mass is 9.74. The Hall–Kier alpha value is -1.32. The first-order valence-electron chi connectivity index (χ1n) is 6.65. The molecule has 0 saturated heterocycles. The summed E-state index contributed by atoms with van der Waals surface area (Å²) >= 11 is 0. The van der Waals surface area contributed by atoms with Gasteiger partial charge >= 0.3 is 0 Å². The Balaban J connectivity index is 1.87. The lowest BCUT2D eigenvalue weighted by Crippen LogP contribution is -2.36. The summed E-state index contributed by atoms with van der Waals surface area (Å²) in [5.41, 5.74) is 1.16. The molecule has 1 aromatic carbocycles. The minimum Gasteiger partial charge on any atom is -0.383 e. The van der Waals surface area contributed by atoms with Crippen molar-refractivity contribution in [3.05, 3.63) is 23.8 Å². The molecule has 0 atom stereocenters. The fraction of sp³-hybridized carbons (Fsp3) is 0.571. The van der Waals surface area contributed by atoms with Crippen LogP contribution in [0.25, 0.3) is 0 Å². The number of hydrogen-bond acceptors (Lipinski definition) is 2. The molecule has 1 aromatic rings. The van der Waals surface area contributed by atoms with E-state index in [2.05, 4.69) is 10.6 Å². The van der Waals surface area contributed by atoms with Gasteiger partial charge in [0.25, 0.3) is 0 Å². The van der Waals surface area contributed by atoms with E-state index >= 15 is 0 Å². The molecule has 0 bridgehead atoms. The summed E-state index contributed by atoms with van der Waals surface area (Å²) in [6.07, 6.45) is 6.07. The third-order valence-corrected chi connectivity index (χ3v) is 4.26. The third-order valence-electron chi connectivity index (χ3n) is 4.26. The Morgan fingerprint density at radius 3 is 2.44 bits per heavy atom. The van der Waals surface area contributed by atoms with Crippen molar-refractivity contribution >= 4 is 11.4 Å². The number of rotatable bonds is 0. The highest BCUT2D eigenvalue weighted by atomic mass is 19.1. The van der Waals surface area contributed by atoms with Crippen LogP contribution in [0.5, 0.6) is 0 Å². The van der Waals surface area contributed by atoms with Gasteiger partial charge in [-0.2, -0.15) is 0 Å². The second-order valence-corrected chi connectivity index (χ2v) is 5.58. The summed E-state index contributed by atoms with van der Waals surface area (Å²) in [4.78, 5) is 0. The predicted molar refractivity (Wildman–Crippen MR) is 68.9 cm³/mol. The van der Waals surface area contributed by atoms with Gasteiger partial charge in [-0.05, 0) is 18.9 Å². The highest BCUT2D eigenvalue weighted by Gasteiger charge is 2.34. The number of anilines is 2. The van der Waals surface area contributed by atoms with Crippen LogP contribution in [-0.4, -0.2) is 13.1 Å². The molecular formula is C14H18F2N2. The van der Waals surface area contributed by atoms with Crippen LogP contribution in [0.15, 0.2) is 12.1 Å². The summed E-state index contributed by atoms with van der Waals surface area (Å²) < 4.78 is 26.9. The SMILES string of the molecule is Fc1cc(F)c2c(c1)NCC1(CCCCC1)CN2. The highest BCUT2D eigenvalue weighted by Crippen LogP contribution is 2.40. The molecule has 1 heterocycles. The minimum absolute atomic E-state index is 0.195. The molecule has 1 fully saturated rings. The first-order chi connectivity index (χ1) is 8.69. The summed E-state index contributed by atoms with van der Waals surface area (Å²) in [7, 11) is 0. The average molecular weight is 252 g/mol. The highest BCUT2D eigenvalue weighted by molar-refractivity contribution is 5.70. The molecule has 18 heavy (non-hydrogen) atoms. The van der Waals surface area contributed by atoms with Crippen LogP contribution in [0.3, 0.4) is 0 Å². The molecule has 2 N–H and O–H groups in total. The molecule has 3 rings (SSSR count). The zero-order valence-corrected chi connectivity index (χ0v) is 10.4. The molecule has 98 valence electrons. The van der Waals surface area contributed by atoms with Gasteiger partial charge in [-0.25, -0.2) is 8.78 Å². The fourth-order valence-corrected chi connectivity index (χ4v) is 3.17. The van der Waals surface area contributed by atoms with Crippen LogP contribution >= 0.6 is 0 Å². The number of benzene rings is 1. The van der Waals surface area contributed by atoms with Gasteiger partial charge in [0.15, 0.2) is 5.82 Å². The Bertz CT molecular complexity index is 453. The lowest BCUT2D eigenvalue weighted by Gasteiger charge is -2.36. The van der Waals surface area contributed by atoms with Crippen molar-refractivity contribution in [1.82, 2.24) is 0 Å². The van der Waals surface area contributed by atoms with Crippen LogP contribution in [0.2, 0.25) is 0 Å². The van der Waals surface area contributed by atoms with Crippen molar-refractivity contribution in [3.63, 3.8) is 0 Å². The van der Waals surface area contributed by atoms with E-state index < -0.39 is 11.6 Å².